The fourth-order valence-electron chi connectivity index (χ4n) is 1.45. The zero-order valence-electron chi connectivity index (χ0n) is 10.4. The minimum atomic E-state index is -0.993. The van der Waals surface area contributed by atoms with Crippen LogP contribution in [0.5, 0.6) is 0 Å². The van der Waals surface area contributed by atoms with E-state index in [4.69, 9.17) is 10.2 Å². The number of nitrogens with one attached hydrogen (secondary N) is 1. The number of hydrogen-bond acceptors (Lipinski definition) is 3. The fraction of sp³-hybridized carbons (Fsp3) is 0.462. The molecule has 0 aromatic heterocycles. The smallest absolute Gasteiger partial charge is 0.252 e. The number of carbonyl (C=O) groups excluding carboxylic acids is 1. The Morgan fingerprint density at radius 1 is 1.29 bits per heavy atom. The predicted molar refractivity (Wildman–Crippen MR) is 66.0 cm³/mol. The summed E-state index contributed by atoms with van der Waals surface area (Å²) >= 11 is 0. The van der Waals surface area contributed by atoms with Crippen molar-refractivity contribution in [2.45, 2.75) is 26.3 Å². The highest BCUT2D eigenvalue weighted by molar-refractivity contribution is 5.96. The molecule has 0 aliphatic heterocycles. The molecule has 4 heteroatoms. The predicted octanol–water partition coefficient (Wildman–Crippen LogP) is 0.777. The fourth-order valence-corrected chi connectivity index (χ4v) is 1.45. The van der Waals surface area contributed by atoms with Gasteiger partial charge in [0.25, 0.3) is 5.91 Å². The monoisotopic (exact) mass is 237 g/mol. The summed E-state index contributed by atoms with van der Waals surface area (Å²) in [6.45, 7) is 4.74. The van der Waals surface area contributed by atoms with E-state index in [2.05, 4.69) is 5.32 Å². The summed E-state index contributed by atoms with van der Waals surface area (Å²) in [4.78, 5) is 12.0. The van der Waals surface area contributed by atoms with Gasteiger partial charge in [-0.2, -0.15) is 0 Å². The van der Waals surface area contributed by atoms with Gasteiger partial charge in [-0.3, -0.25) is 4.79 Å². The molecule has 94 valence electrons. The summed E-state index contributed by atoms with van der Waals surface area (Å²) in [7, 11) is 0. The van der Waals surface area contributed by atoms with Crippen molar-refractivity contribution in [1.82, 2.24) is 5.32 Å². The Morgan fingerprint density at radius 2 is 1.88 bits per heavy atom. The molecule has 0 radical (unpaired) electrons. The van der Waals surface area contributed by atoms with Gasteiger partial charge in [0, 0.05) is 5.56 Å². The maximum atomic E-state index is 12.0. The molecule has 0 saturated carbocycles. The lowest BCUT2D eigenvalue weighted by atomic mass is 10.0. The second kappa shape index (κ2) is 5.29. The molecule has 17 heavy (non-hydrogen) atoms. The van der Waals surface area contributed by atoms with Crippen LogP contribution in [0.4, 0.5) is 0 Å². The molecule has 0 bridgehead atoms. The molecule has 0 aliphatic rings. The third-order valence-corrected chi connectivity index (χ3v) is 2.75. The Morgan fingerprint density at radius 3 is 2.41 bits per heavy atom. The van der Waals surface area contributed by atoms with E-state index in [-0.39, 0.29) is 19.1 Å². The number of rotatable bonds is 4. The van der Waals surface area contributed by atoms with Crippen LogP contribution in [-0.4, -0.2) is 34.9 Å². The van der Waals surface area contributed by atoms with Crippen LogP contribution >= 0.6 is 0 Å². The van der Waals surface area contributed by atoms with Crippen molar-refractivity contribution in [3.8, 4) is 0 Å². The average molecular weight is 237 g/mol. The molecule has 0 aliphatic carbocycles. The summed E-state index contributed by atoms with van der Waals surface area (Å²) in [5.41, 5.74) is 1.44. The molecule has 0 spiro atoms. The number of aryl methyl sites for hydroxylation is 2. The van der Waals surface area contributed by atoms with Gasteiger partial charge >= 0.3 is 0 Å². The Bertz CT molecular complexity index is 411. The molecule has 0 saturated heterocycles. The Labute approximate surface area is 101 Å². The second-order valence-electron chi connectivity index (χ2n) is 4.65. The minimum absolute atomic E-state index is 0.281. The van der Waals surface area contributed by atoms with Gasteiger partial charge in [-0.1, -0.05) is 17.7 Å². The number of benzene rings is 1. The van der Waals surface area contributed by atoms with Gasteiger partial charge in [0.15, 0.2) is 0 Å². The van der Waals surface area contributed by atoms with Gasteiger partial charge in [-0.15, -0.1) is 0 Å². The van der Waals surface area contributed by atoms with Crippen LogP contribution in [0.2, 0.25) is 0 Å². The van der Waals surface area contributed by atoms with Gasteiger partial charge in [0.05, 0.1) is 18.8 Å². The second-order valence-corrected chi connectivity index (χ2v) is 4.65. The van der Waals surface area contributed by atoms with Crippen molar-refractivity contribution in [1.29, 1.82) is 0 Å². The molecule has 1 rings (SSSR count). The topological polar surface area (TPSA) is 69.6 Å². The van der Waals surface area contributed by atoms with Crippen molar-refractivity contribution in [2.75, 3.05) is 13.2 Å². The zero-order chi connectivity index (χ0) is 13.1. The van der Waals surface area contributed by atoms with E-state index in [9.17, 15) is 4.79 Å². The lowest BCUT2D eigenvalue weighted by molar-refractivity contribution is 0.0723. The van der Waals surface area contributed by atoms with Crippen LogP contribution < -0.4 is 5.32 Å². The SMILES string of the molecule is Cc1ccc(C)c(C(=O)NC(C)(CO)CO)c1. The van der Waals surface area contributed by atoms with Crippen LogP contribution in [0, 0.1) is 13.8 Å². The van der Waals surface area contributed by atoms with E-state index in [1.165, 1.54) is 0 Å². The van der Waals surface area contributed by atoms with Crippen molar-refractivity contribution in [3.05, 3.63) is 34.9 Å². The Hall–Kier alpha value is -1.39. The third-order valence-electron chi connectivity index (χ3n) is 2.75. The molecule has 0 unspecified atom stereocenters. The Balaban J connectivity index is 2.94. The molecular weight excluding hydrogens is 218 g/mol. The molecule has 1 aromatic carbocycles. The average Bonchev–Trinajstić information content (AvgIpc) is 2.32. The summed E-state index contributed by atoms with van der Waals surface area (Å²) in [5.74, 6) is -0.281. The largest absolute Gasteiger partial charge is 0.394 e. The van der Waals surface area contributed by atoms with Crippen LogP contribution in [0.3, 0.4) is 0 Å². The first-order valence-corrected chi connectivity index (χ1v) is 5.53. The Kier molecular flexibility index (Phi) is 4.26. The third kappa shape index (κ3) is 3.28. The van der Waals surface area contributed by atoms with E-state index in [0.717, 1.165) is 11.1 Å². The van der Waals surface area contributed by atoms with Gasteiger partial charge < -0.3 is 15.5 Å². The molecule has 3 N–H and O–H groups in total. The highest BCUT2D eigenvalue weighted by Crippen LogP contribution is 2.12. The van der Waals surface area contributed by atoms with E-state index < -0.39 is 5.54 Å². The van der Waals surface area contributed by atoms with Crippen molar-refractivity contribution < 1.29 is 15.0 Å². The first kappa shape index (κ1) is 13.7. The molecular formula is C13H19NO3. The highest BCUT2D eigenvalue weighted by atomic mass is 16.3. The van der Waals surface area contributed by atoms with Gasteiger partial charge in [0.1, 0.15) is 0 Å². The summed E-state index contributed by atoms with van der Waals surface area (Å²) in [6.07, 6.45) is 0. The standard InChI is InChI=1S/C13H19NO3/c1-9-4-5-10(2)11(6-9)12(17)14-13(3,7-15)8-16/h4-6,15-16H,7-8H2,1-3H3,(H,14,17). The normalized spacial score (nSPS) is 11.4. The quantitative estimate of drug-likeness (QED) is 0.724. The minimum Gasteiger partial charge on any atom is -0.394 e. The number of amides is 1. The molecule has 1 aromatic rings. The summed E-state index contributed by atoms with van der Waals surface area (Å²) in [5, 5.41) is 20.9. The van der Waals surface area contributed by atoms with Crippen LogP contribution in [-0.2, 0) is 0 Å². The number of aliphatic hydroxyl groups excluding tert-OH is 2. The first-order chi connectivity index (χ1) is 7.91. The van der Waals surface area contributed by atoms with E-state index >= 15 is 0 Å². The summed E-state index contributed by atoms with van der Waals surface area (Å²) in [6, 6.07) is 5.60. The van der Waals surface area contributed by atoms with Gasteiger partial charge in [-0.25, -0.2) is 0 Å². The molecule has 0 heterocycles. The van der Waals surface area contributed by atoms with E-state index in [0.29, 0.717) is 5.56 Å². The van der Waals surface area contributed by atoms with E-state index in [1.54, 1.807) is 13.0 Å². The first-order valence-electron chi connectivity index (χ1n) is 5.53. The van der Waals surface area contributed by atoms with E-state index in [1.807, 2.05) is 26.0 Å². The molecule has 0 atom stereocenters. The van der Waals surface area contributed by atoms with Crippen LogP contribution in [0.15, 0.2) is 18.2 Å². The maximum absolute atomic E-state index is 12.0. The van der Waals surface area contributed by atoms with Crippen molar-refractivity contribution >= 4 is 5.91 Å². The zero-order valence-corrected chi connectivity index (χ0v) is 10.4. The number of carbonyl (C=O) groups is 1. The number of aliphatic hydroxyl groups is 2. The molecule has 4 nitrogen and oxygen atoms in total. The van der Waals surface area contributed by atoms with Crippen LogP contribution in [0.1, 0.15) is 28.4 Å². The lowest BCUT2D eigenvalue weighted by Crippen LogP contribution is -2.51. The highest BCUT2D eigenvalue weighted by Gasteiger charge is 2.25. The molecule has 0 fully saturated rings. The van der Waals surface area contributed by atoms with Gasteiger partial charge in [-0.05, 0) is 32.4 Å². The lowest BCUT2D eigenvalue weighted by Gasteiger charge is -2.26. The maximum Gasteiger partial charge on any atom is 0.252 e. The number of hydrogen-bond donors (Lipinski definition) is 3. The van der Waals surface area contributed by atoms with Crippen LogP contribution in [0.25, 0.3) is 0 Å². The van der Waals surface area contributed by atoms with Crippen molar-refractivity contribution in [2.24, 2.45) is 0 Å². The van der Waals surface area contributed by atoms with Crippen molar-refractivity contribution in [3.63, 3.8) is 0 Å². The summed E-state index contributed by atoms with van der Waals surface area (Å²) < 4.78 is 0. The molecule has 1 amide bonds. The van der Waals surface area contributed by atoms with Gasteiger partial charge in [0.2, 0.25) is 0 Å².